The van der Waals surface area contributed by atoms with E-state index in [0.29, 0.717) is 11.9 Å². The third kappa shape index (κ3) is 3.57. The molecule has 4 heteroatoms. The normalized spacial score (nSPS) is 24.4. The molecule has 0 aromatic heterocycles. The van der Waals surface area contributed by atoms with Crippen LogP contribution in [0.1, 0.15) is 50.5 Å². The Morgan fingerprint density at radius 3 is 2.81 bits per heavy atom. The van der Waals surface area contributed by atoms with E-state index < -0.39 is 0 Å². The third-order valence-electron chi connectivity index (χ3n) is 4.74. The van der Waals surface area contributed by atoms with Crippen LogP contribution in [-0.4, -0.2) is 18.3 Å². The molecule has 0 N–H and O–H groups in total. The van der Waals surface area contributed by atoms with Gasteiger partial charge in [-0.05, 0) is 37.8 Å². The summed E-state index contributed by atoms with van der Waals surface area (Å²) in [5.74, 6) is 0.868. The quantitative estimate of drug-likeness (QED) is 0.649. The summed E-state index contributed by atoms with van der Waals surface area (Å²) >= 11 is 9.67. The number of halogens is 2. The lowest BCUT2D eigenvalue weighted by Gasteiger charge is -2.33. The highest BCUT2D eigenvalue weighted by molar-refractivity contribution is 9.08. The molecule has 2 nitrogen and oxygen atoms in total. The number of alkyl halides is 1. The van der Waals surface area contributed by atoms with Crippen molar-refractivity contribution in [3.05, 3.63) is 28.8 Å². The molecule has 1 saturated heterocycles. The maximum absolute atomic E-state index is 6.35. The van der Waals surface area contributed by atoms with Crippen LogP contribution in [0.15, 0.2) is 18.2 Å². The van der Waals surface area contributed by atoms with Gasteiger partial charge in [-0.2, -0.15) is 0 Å². The predicted molar refractivity (Wildman–Crippen MR) is 89.5 cm³/mol. The largest absolute Gasteiger partial charge is 0.491 e. The van der Waals surface area contributed by atoms with Gasteiger partial charge in [-0.3, -0.25) is 0 Å². The molecule has 3 rings (SSSR count). The molecule has 1 aliphatic heterocycles. The minimum Gasteiger partial charge on any atom is -0.491 e. The molecule has 2 fully saturated rings. The fraction of sp³-hybridized carbons (Fsp3) is 0.647. The van der Waals surface area contributed by atoms with E-state index in [1.54, 1.807) is 0 Å². The molecule has 0 radical (unpaired) electrons. The molecule has 1 unspecified atom stereocenters. The Balaban J connectivity index is 1.58. The molecule has 0 bridgehead atoms. The maximum atomic E-state index is 6.35. The van der Waals surface area contributed by atoms with Crippen LogP contribution in [0.4, 0.5) is 0 Å². The van der Waals surface area contributed by atoms with E-state index in [1.165, 1.54) is 38.5 Å². The first-order chi connectivity index (χ1) is 10.2. The predicted octanol–water partition coefficient (Wildman–Crippen LogP) is 5.50. The Morgan fingerprint density at radius 2 is 2.05 bits per heavy atom. The number of rotatable bonds is 4. The summed E-state index contributed by atoms with van der Waals surface area (Å²) in [5, 5.41) is 1.46. The molecular formula is C17H22BrClO2. The Morgan fingerprint density at radius 1 is 1.24 bits per heavy atom. The highest BCUT2D eigenvalue weighted by Crippen LogP contribution is 2.42. The molecule has 1 aliphatic carbocycles. The summed E-state index contributed by atoms with van der Waals surface area (Å²) in [5.41, 5.74) is 1.18. The standard InChI is InChI=1S/C17H22BrClO2/c18-11-14-15(19)5-4-6-16(14)20-12-13-7-10-17(21-13)8-2-1-3-9-17/h4-6,13H,1-3,7-12H2. The summed E-state index contributed by atoms with van der Waals surface area (Å²) < 4.78 is 12.3. The Kier molecular flexibility index (Phi) is 5.13. The van der Waals surface area contributed by atoms with Gasteiger partial charge in [0.25, 0.3) is 0 Å². The molecular weight excluding hydrogens is 352 g/mol. The second-order valence-corrected chi connectivity index (χ2v) is 7.15. The van der Waals surface area contributed by atoms with Crippen LogP contribution in [0.2, 0.25) is 5.02 Å². The topological polar surface area (TPSA) is 18.5 Å². The van der Waals surface area contributed by atoms with Crippen molar-refractivity contribution in [1.29, 1.82) is 0 Å². The molecule has 1 aromatic carbocycles. The van der Waals surface area contributed by atoms with Crippen molar-refractivity contribution in [2.75, 3.05) is 6.61 Å². The van der Waals surface area contributed by atoms with Gasteiger partial charge in [-0.15, -0.1) is 0 Å². The van der Waals surface area contributed by atoms with Gasteiger partial charge in [-0.1, -0.05) is 52.9 Å². The van der Waals surface area contributed by atoms with E-state index in [0.717, 1.165) is 22.8 Å². The summed E-state index contributed by atoms with van der Waals surface area (Å²) in [6.45, 7) is 0.627. The second-order valence-electron chi connectivity index (χ2n) is 6.18. The van der Waals surface area contributed by atoms with Gasteiger partial charge in [0.05, 0.1) is 11.7 Å². The van der Waals surface area contributed by atoms with Gasteiger partial charge in [0.15, 0.2) is 0 Å². The van der Waals surface area contributed by atoms with Crippen LogP contribution in [-0.2, 0) is 10.1 Å². The van der Waals surface area contributed by atoms with Crippen molar-refractivity contribution >= 4 is 27.5 Å². The zero-order valence-electron chi connectivity index (χ0n) is 12.2. The first-order valence-electron chi connectivity index (χ1n) is 7.86. The number of benzene rings is 1. The number of hydrogen-bond acceptors (Lipinski definition) is 2. The highest BCUT2D eigenvalue weighted by Gasteiger charge is 2.40. The van der Waals surface area contributed by atoms with Crippen LogP contribution >= 0.6 is 27.5 Å². The fourth-order valence-electron chi connectivity index (χ4n) is 3.56. The Hall–Kier alpha value is -0.250. The minimum atomic E-state index is 0.166. The Labute approximate surface area is 140 Å². The molecule has 116 valence electrons. The lowest BCUT2D eigenvalue weighted by Crippen LogP contribution is -2.32. The smallest absolute Gasteiger partial charge is 0.124 e. The lowest BCUT2D eigenvalue weighted by atomic mass is 9.83. The van der Waals surface area contributed by atoms with Gasteiger partial charge in [0, 0.05) is 15.9 Å². The van der Waals surface area contributed by atoms with Crippen LogP contribution in [0.5, 0.6) is 5.75 Å². The van der Waals surface area contributed by atoms with Gasteiger partial charge < -0.3 is 9.47 Å². The number of hydrogen-bond donors (Lipinski definition) is 0. The number of ether oxygens (including phenoxy) is 2. The van der Waals surface area contributed by atoms with Crippen molar-refractivity contribution < 1.29 is 9.47 Å². The van der Waals surface area contributed by atoms with E-state index in [2.05, 4.69) is 15.9 Å². The van der Waals surface area contributed by atoms with Gasteiger partial charge in [0.2, 0.25) is 0 Å². The average molecular weight is 374 g/mol. The van der Waals surface area contributed by atoms with E-state index in [-0.39, 0.29) is 11.7 Å². The third-order valence-corrected chi connectivity index (χ3v) is 5.65. The van der Waals surface area contributed by atoms with Crippen molar-refractivity contribution in [3.8, 4) is 5.75 Å². The summed E-state index contributed by atoms with van der Waals surface area (Å²) in [7, 11) is 0. The van der Waals surface area contributed by atoms with E-state index >= 15 is 0 Å². The molecule has 1 atom stereocenters. The fourth-order valence-corrected chi connectivity index (χ4v) is 4.54. The van der Waals surface area contributed by atoms with Crippen molar-refractivity contribution in [2.24, 2.45) is 0 Å². The first-order valence-corrected chi connectivity index (χ1v) is 9.36. The van der Waals surface area contributed by atoms with Gasteiger partial charge in [0.1, 0.15) is 12.4 Å². The van der Waals surface area contributed by atoms with Crippen LogP contribution in [0, 0.1) is 0 Å². The van der Waals surface area contributed by atoms with Crippen LogP contribution < -0.4 is 4.74 Å². The molecule has 1 aromatic rings. The van der Waals surface area contributed by atoms with Crippen molar-refractivity contribution in [3.63, 3.8) is 0 Å². The molecule has 1 heterocycles. The maximum Gasteiger partial charge on any atom is 0.124 e. The second kappa shape index (κ2) is 6.89. The summed E-state index contributed by atoms with van der Waals surface area (Å²) in [6.07, 6.45) is 8.99. The van der Waals surface area contributed by atoms with Crippen molar-refractivity contribution in [2.45, 2.75) is 62.0 Å². The average Bonchev–Trinajstić information content (AvgIpc) is 2.88. The zero-order valence-corrected chi connectivity index (χ0v) is 14.6. The van der Waals surface area contributed by atoms with E-state index in [4.69, 9.17) is 21.1 Å². The van der Waals surface area contributed by atoms with Crippen LogP contribution in [0.3, 0.4) is 0 Å². The molecule has 2 aliphatic rings. The highest BCUT2D eigenvalue weighted by atomic mass is 79.9. The minimum absolute atomic E-state index is 0.166. The monoisotopic (exact) mass is 372 g/mol. The molecule has 1 saturated carbocycles. The van der Waals surface area contributed by atoms with E-state index in [9.17, 15) is 0 Å². The Bertz CT molecular complexity index is 486. The molecule has 21 heavy (non-hydrogen) atoms. The van der Waals surface area contributed by atoms with E-state index in [1.807, 2.05) is 18.2 Å². The van der Waals surface area contributed by atoms with Gasteiger partial charge in [-0.25, -0.2) is 0 Å². The van der Waals surface area contributed by atoms with Crippen molar-refractivity contribution in [1.82, 2.24) is 0 Å². The van der Waals surface area contributed by atoms with Crippen LogP contribution in [0.25, 0.3) is 0 Å². The first kappa shape index (κ1) is 15.6. The molecule has 0 amide bonds. The summed E-state index contributed by atoms with van der Waals surface area (Å²) in [4.78, 5) is 0. The SMILES string of the molecule is Clc1cccc(OCC2CCC3(CCCCC3)O2)c1CBr. The summed E-state index contributed by atoms with van der Waals surface area (Å²) in [6, 6.07) is 5.81. The zero-order chi connectivity index (χ0) is 14.7. The lowest BCUT2D eigenvalue weighted by molar-refractivity contribution is -0.0749. The molecule has 1 spiro atoms. The van der Waals surface area contributed by atoms with Gasteiger partial charge >= 0.3 is 0 Å².